The van der Waals surface area contributed by atoms with Gasteiger partial charge in [0.2, 0.25) is 5.91 Å². The monoisotopic (exact) mass is 313 g/mol. The molecule has 1 saturated heterocycles. The van der Waals surface area contributed by atoms with Gasteiger partial charge in [-0.2, -0.15) is 0 Å². The van der Waals surface area contributed by atoms with Crippen molar-refractivity contribution < 1.29 is 14.3 Å². The SMILES string of the molecule is CC(C)NC(=O)CCNC1CCCN(C(=O)OC(C)(C)C)C1. The fraction of sp³-hybridized carbons (Fsp3) is 0.875. The second-order valence-electron chi connectivity index (χ2n) is 7.19. The van der Waals surface area contributed by atoms with Crippen molar-refractivity contribution in [1.29, 1.82) is 0 Å². The number of amides is 2. The van der Waals surface area contributed by atoms with E-state index in [1.54, 1.807) is 4.90 Å². The first kappa shape index (κ1) is 18.7. The minimum absolute atomic E-state index is 0.0577. The summed E-state index contributed by atoms with van der Waals surface area (Å²) in [6.45, 7) is 11.5. The zero-order chi connectivity index (χ0) is 16.8. The van der Waals surface area contributed by atoms with Gasteiger partial charge in [0.25, 0.3) is 0 Å². The molecule has 2 N–H and O–H groups in total. The Bertz CT molecular complexity index is 377. The number of nitrogens with one attached hydrogen (secondary N) is 2. The molecule has 1 fully saturated rings. The van der Waals surface area contributed by atoms with Crippen molar-refractivity contribution >= 4 is 12.0 Å². The van der Waals surface area contributed by atoms with Crippen molar-refractivity contribution in [3.05, 3.63) is 0 Å². The van der Waals surface area contributed by atoms with Gasteiger partial charge in [0.15, 0.2) is 0 Å². The average molecular weight is 313 g/mol. The van der Waals surface area contributed by atoms with Crippen LogP contribution < -0.4 is 10.6 Å². The lowest BCUT2D eigenvalue weighted by molar-refractivity contribution is -0.121. The van der Waals surface area contributed by atoms with Gasteiger partial charge in [0.05, 0.1) is 0 Å². The predicted molar refractivity (Wildman–Crippen MR) is 86.7 cm³/mol. The van der Waals surface area contributed by atoms with Gasteiger partial charge < -0.3 is 20.3 Å². The molecule has 1 aliphatic rings. The molecule has 128 valence electrons. The number of hydrogen-bond acceptors (Lipinski definition) is 4. The maximum Gasteiger partial charge on any atom is 0.410 e. The van der Waals surface area contributed by atoms with E-state index in [1.165, 1.54) is 0 Å². The molecule has 0 aromatic rings. The Morgan fingerprint density at radius 3 is 2.59 bits per heavy atom. The van der Waals surface area contributed by atoms with Crippen molar-refractivity contribution in [3.63, 3.8) is 0 Å². The van der Waals surface area contributed by atoms with E-state index in [-0.39, 0.29) is 24.1 Å². The molecule has 1 atom stereocenters. The average Bonchev–Trinajstić information content (AvgIpc) is 2.36. The number of nitrogens with zero attached hydrogens (tertiary/aromatic N) is 1. The first-order chi connectivity index (χ1) is 10.2. The molecule has 6 nitrogen and oxygen atoms in total. The highest BCUT2D eigenvalue weighted by Crippen LogP contribution is 2.15. The lowest BCUT2D eigenvalue weighted by Crippen LogP contribution is -2.49. The minimum Gasteiger partial charge on any atom is -0.444 e. The predicted octanol–water partition coefficient (Wildman–Crippen LogP) is 1.89. The van der Waals surface area contributed by atoms with E-state index >= 15 is 0 Å². The van der Waals surface area contributed by atoms with Crippen LogP contribution in [-0.2, 0) is 9.53 Å². The molecule has 1 aliphatic heterocycles. The van der Waals surface area contributed by atoms with Gasteiger partial charge in [-0.05, 0) is 47.5 Å². The van der Waals surface area contributed by atoms with E-state index in [9.17, 15) is 9.59 Å². The van der Waals surface area contributed by atoms with Crippen LogP contribution in [0.15, 0.2) is 0 Å². The first-order valence-corrected chi connectivity index (χ1v) is 8.18. The summed E-state index contributed by atoms with van der Waals surface area (Å²) >= 11 is 0. The van der Waals surface area contributed by atoms with Crippen LogP contribution in [0.1, 0.15) is 53.9 Å². The van der Waals surface area contributed by atoms with Crippen LogP contribution in [0.3, 0.4) is 0 Å². The zero-order valence-corrected chi connectivity index (χ0v) is 14.6. The molecule has 1 heterocycles. The number of rotatable bonds is 5. The van der Waals surface area contributed by atoms with Crippen LogP contribution in [0.4, 0.5) is 4.79 Å². The molecule has 22 heavy (non-hydrogen) atoms. The quantitative estimate of drug-likeness (QED) is 0.813. The molecular weight excluding hydrogens is 282 g/mol. The third kappa shape index (κ3) is 7.64. The molecule has 0 aromatic heterocycles. The maximum atomic E-state index is 12.1. The molecule has 6 heteroatoms. The Morgan fingerprint density at radius 1 is 1.32 bits per heavy atom. The van der Waals surface area contributed by atoms with Gasteiger partial charge in [-0.1, -0.05) is 0 Å². The fourth-order valence-corrected chi connectivity index (χ4v) is 2.42. The molecule has 0 saturated carbocycles. The number of ether oxygens (including phenoxy) is 1. The van der Waals surface area contributed by atoms with E-state index < -0.39 is 5.60 Å². The normalized spacial score (nSPS) is 19.2. The highest BCUT2D eigenvalue weighted by atomic mass is 16.6. The summed E-state index contributed by atoms with van der Waals surface area (Å²) in [7, 11) is 0. The van der Waals surface area contributed by atoms with E-state index in [0.717, 1.165) is 19.4 Å². The van der Waals surface area contributed by atoms with E-state index in [0.29, 0.717) is 19.5 Å². The van der Waals surface area contributed by atoms with Crippen molar-refractivity contribution in [2.24, 2.45) is 0 Å². The topological polar surface area (TPSA) is 70.7 Å². The minimum atomic E-state index is -0.466. The molecule has 0 aromatic carbocycles. The lowest BCUT2D eigenvalue weighted by Gasteiger charge is -2.34. The summed E-state index contributed by atoms with van der Waals surface area (Å²) in [5, 5.41) is 6.23. The lowest BCUT2D eigenvalue weighted by atomic mass is 10.1. The molecule has 0 spiro atoms. The number of piperidine rings is 1. The number of carbonyl (C=O) groups is 2. The molecular formula is C16H31N3O3. The summed E-state index contributed by atoms with van der Waals surface area (Å²) in [5.74, 6) is 0.0577. The summed E-state index contributed by atoms with van der Waals surface area (Å²) < 4.78 is 5.41. The van der Waals surface area contributed by atoms with Crippen LogP contribution in [-0.4, -0.2) is 54.2 Å². The molecule has 0 bridgehead atoms. The Hall–Kier alpha value is -1.30. The molecule has 1 rings (SSSR count). The van der Waals surface area contributed by atoms with Crippen LogP contribution in [0, 0.1) is 0 Å². The summed E-state index contributed by atoms with van der Waals surface area (Å²) in [5.41, 5.74) is -0.466. The second-order valence-corrected chi connectivity index (χ2v) is 7.19. The van der Waals surface area contributed by atoms with Crippen molar-refractivity contribution in [2.75, 3.05) is 19.6 Å². The number of carbonyl (C=O) groups excluding carboxylic acids is 2. The molecule has 2 amide bonds. The van der Waals surface area contributed by atoms with Crippen LogP contribution >= 0.6 is 0 Å². The first-order valence-electron chi connectivity index (χ1n) is 8.18. The third-order valence-corrected chi connectivity index (χ3v) is 3.31. The Morgan fingerprint density at radius 2 is 2.00 bits per heavy atom. The van der Waals surface area contributed by atoms with E-state index in [1.807, 2.05) is 34.6 Å². The van der Waals surface area contributed by atoms with Crippen LogP contribution in [0.2, 0.25) is 0 Å². The molecule has 1 unspecified atom stereocenters. The third-order valence-electron chi connectivity index (χ3n) is 3.31. The van der Waals surface area contributed by atoms with Gasteiger partial charge in [-0.3, -0.25) is 4.79 Å². The van der Waals surface area contributed by atoms with Crippen molar-refractivity contribution in [2.45, 2.75) is 71.6 Å². The van der Waals surface area contributed by atoms with Crippen LogP contribution in [0.5, 0.6) is 0 Å². The van der Waals surface area contributed by atoms with Crippen LogP contribution in [0.25, 0.3) is 0 Å². The van der Waals surface area contributed by atoms with E-state index in [2.05, 4.69) is 10.6 Å². The Labute approximate surface area is 134 Å². The van der Waals surface area contributed by atoms with Crippen molar-refractivity contribution in [1.82, 2.24) is 15.5 Å². The van der Waals surface area contributed by atoms with Gasteiger partial charge in [0.1, 0.15) is 5.60 Å². The van der Waals surface area contributed by atoms with E-state index in [4.69, 9.17) is 4.74 Å². The fourth-order valence-electron chi connectivity index (χ4n) is 2.42. The number of hydrogen-bond donors (Lipinski definition) is 2. The summed E-state index contributed by atoms with van der Waals surface area (Å²) in [6, 6.07) is 0.401. The zero-order valence-electron chi connectivity index (χ0n) is 14.6. The van der Waals surface area contributed by atoms with Gasteiger partial charge in [0, 0.05) is 38.1 Å². The molecule has 0 aliphatic carbocycles. The van der Waals surface area contributed by atoms with Gasteiger partial charge >= 0.3 is 6.09 Å². The summed E-state index contributed by atoms with van der Waals surface area (Å²) in [6.07, 6.45) is 2.18. The maximum absolute atomic E-state index is 12.1. The second kappa shape index (κ2) is 8.36. The highest BCUT2D eigenvalue weighted by Gasteiger charge is 2.27. The largest absolute Gasteiger partial charge is 0.444 e. The molecule has 0 radical (unpaired) electrons. The van der Waals surface area contributed by atoms with Gasteiger partial charge in [-0.15, -0.1) is 0 Å². The Kier molecular flexibility index (Phi) is 7.13. The van der Waals surface area contributed by atoms with Crippen molar-refractivity contribution in [3.8, 4) is 0 Å². The van der Waals surface area contributed by atoms with Gasteiger partial charge in [-0.25, -0.2) is 4.79 Å². The number of likely N-dealkylation sites (tertiary alicyclic amines) is 1. The summed E-state index contributed by atoms with van der Waals surface area (Å²) in [4.78, 5) is 25.4. The highest BCUT2D eigenvalue weighted by molar-refractivity contribution is 5.76. The smallest absolute Gasteiger partial charge is 0.410 e. The standard InChI is InChI=1S/C16H31N3O3/c1-12(2)18-14(20)8-9-17-13-7-6-10-19(11-13)15(21)22-16(3,4)5/h12-13,17H,6-11H2,1-5H3,(H,18,20). The Balaban J connectivity index is 2.31.